The molecule has 6 nitrogen and oxygen atoms in total. The average Bonchev–Trinajstić information content (AvgIpc) is 3.29. The number of carbonyl (C=O) groups excluding carboxylic acids is 1. The van der Waals surface area contributed by atoms with Crippen molar-refractivity contribution in [3.05, 3.63) is 59.7 Å². The zero-order valence-corrected chi connectivity index (χ0v) is 19.9. The van der Waals surface area contributed by atoms with Gasteiger partial charge in [-0.15, -0.1) is 0 Å². The van der Waals surface area contributed by atoms with Crippen LogP contribution in [0.25, 0.3) is 11.1 Å². The lowest BCUT2D eigenvalue weighted by molar-refractivity contribution is -0.131. The second-order valence-electron chi connectivity index (χ2n) is 9.05. The molecule has 0 spiro atoms. The van der Waals surface area contributed by atoms with Crippen LogP contribution in [0.4, 0.5) is 0 Å². The van der Waals surface area contributed by atoms with Crippen LogP contribution in [-0.2, 0) is 21.1 Å². The lowest BCUT2D eigenvalue weighted by atomic mass is 9.97. The summed E-state index contributed by atoms with van der Waals surface area (Å²) in [5, 5.41) is 18.2. The van der Waals surface area contributed by atoms with Crippen LogP contribution in [0.3, 0.4) is 0 Å². The van der Waals surface area contributed by atoms with Crippen LogP contribution in [0, 0.1) is 23.7 Å². The third-order valence-electron chi connectivity index (χ3n) is 6.68. The Labute approximate surface area is 195 Å². The summed E-state index contributed by atoms with van der Waals surface area (Å²) in [6, 6.07) is 15.8. The van der Waals surface area contributed by atoms with Crippen molar-refractivity contribution in [2.75, 3.05) is 12.9 Å². The van der Waals surface area contributed by atoms with Crippen LogP contribution in [0.15, 0.2) is 48.5 Å². The maximum atomic E-state index is 12.1. The predicted octanol–water partition coefficient (Wildman–Crippen LogP) is 3.36. The standard InChI is InChI=1S/C26H31NO5S/c1-26(25(29)27-30,33(2,31)32)16-15-20-9-13-24(14-10-20)23-11-7-19(8-12-23)3-4-21-5-6-22(17-21)18-28/h7-14,21-22,28,30H,5-6,15-18H2,1-2H3,(H,27,29). The minimum Gasteiger partial charge on any atom is -0.396 e. The molecule has 1 aliphatic rings. The maximum absolute atomic E-state index is 12.1. The van der Waals surface area contributed by atoms with Gasteiger partial charge in [-0.2, -0.15) is 0 Å². The van der Waals surface area contributed by atoms with E-state index in [0.717, 1.165) is 47.8 Å². The van der Waals surface area contributed by atoms with E-state index in [4.69, 9.17) is 5.21 Å². The van der Waals surface area contributed by atoms with Crippen LogP contribution in [-0.4, -0.2) is 42.2 Å². The molecular weight excluding hydrogens is 438 g/mol. The third-order valence-corrected chi connectivity index (χ3v) is 8.71. The molecule has 176 valence electrons. The molecule has 3 atom stereocenters. The molecule has 0 bridgehead atoms. The molecular formula is C26H31NO5S. The van der Waals surface area contributed by atoms with E-state index in [2.05, 4.69) is 11.8 Å². The van der Waals surface area contributed by atoms with Gasteiger partial charge in [0.15, 0.2) is 9.84 Å². The first-order chi connectivity index (χ1) is 15.7. The number of sulfone groups is 1. The van der Waals surface area contributed by atoms with Crippen molar-refractivity contribution in [2.24, 2.45) is 11.8 Å². The largest absolute Gasteiger partial charge is 0.396 e. The van der Waals surface area contributed by atoms with E-state index in [-0.39, 0.29) is 13.0 Å². The molecule has 7 heteroatoms. The van der Waals surface area contributed by atoms with Crippen molar-refractivity contribution in [1.82, 2.24) is 5.48 Å². The first-order valence-electron chi connectivity index (χ1n) is 11.1. The average molecular weight is 470 g/mol. The molecule has 2 aromatic rings. The van der Waals surface area contributed by atoms with Gasteiger partial charge in [0.25, 0.3) is 5.91 Å². The van der Waals surface area contributed by atoms with Crippen molar-refractivity contribution in [2.45, 2.75) is 43.8 Å². The summed E-state index contributed by atoms with van der Waals surface area (Å²) >= 11 is 0. The van der Waals surface area contributed by atoms with E-state index in [0.29, 0.717) is 18.3 Å². The van der Waals surface area contributed by atoms with E-state index in [1.54, 1.807) is 0 Å². The number of nitrogens with one attached hydrogen (secondary N) is 1. The zero-order valence-electron chi connectivity index (χ0n) is 19.0. The fraction of sp³-hybridized carbons (Fsp3) is 0.423. The summed E-state index contributed by atoms with van der Waals surface area (Å²) in [7, 11) is -3.71. The Morgan fingerprint density at radius 3 is 2.21 bits per heavy atom. The Bertz CT molecular complexity index is 1130. The lowest BCUT2D eigenvalue weighted by Gasteiger charge is -2.25. The summed E-state index contributed by atoms with van der Waals surface area (Å²) in [6.07, 6.45) is 4.51. The van der Waals surface area contributed by atoms with Crippen molar-refractivity contribution in [3.63, 3.8) is 0 Å². The Morgan fingerprint density at radius 1 is 1.09 bits per heavy atom. The molecule has 1 saturated carbocycles. The van der Waals surface area contributed by atoms with Gasteiger partial charge < -0.3 is 5.11 Å². The number of hydrogen-bond acceptors (Lipinski definition) is 5. The molecule has 0 aromatic heterocycles. The summed E-state index contributed by atoms with van der Waals surface area (Å²) in [5.74, 6) is 6.40. The third kappa shape index (κ3) is 6.02. The molecule has 3 N–H and O–H groups in total. The first-order valence-corrected chi connectivity index (χ1v) is 13.0. The monoisotopic (exact) mass is 469 g/mol. The second kappa shape index (κ2) is 10.5. The van der Waals surface area contributed by atoms with E-state index < -0.39 is 20.5 Å². The Balaban J connectivity index is 1.64. The van der Waals surface area contributed by atoms with Crippen LogP contribution < -0.4 is 5.48 Å². The molecule has 3 unspecified atom stereocenters. The summed E-state index contributed by atoms with van der Waals surface area (Å²) in [4.78, 5) is 12.0. The van der Waals surface area contributed by atoms with E-state index >= 15 is 0 Å². The number of rotatable bonds is 7. The summed E-state index contributed by atoms with van der Waals surface area (Å²) in [6.45, 7) is 1.57. The molecule has 0 aliphatic heterocycles. The van der Waals surface area contributed by atoms with Gasteiger partial charge in [-0.05, 0) is 73.8 Å². The van der Waals surface area contributed by atoms with Gasteiger partial charge in [-0.1, -0.05) is 48.2 Å². The highest BCUT2D eigenvalue weighted by Gasteiger charge is 2.43. The fourth-order valence-corrected chi connectivity index (χ4v) is 4.99. The minimum absolute atomic E-state index is 0.0605. The molecule has 1 amide bonds. The molecule has 1 aliphatic carbocycles. The van der Waals surface area contributed by atoms with Crippen LogP contribution in [0.5, 0.6) is 0 Å². The van der Waals surface area contributed by atoms with Crippen molar-refractivity contribution < 1.29 is 23.5 Å². The van der Waals surface area contributed by atoms with Gasteiger partial charge in [0.05, 0.1) is 0 Å². The Morgan fingerprint density at radius 2 is 1.70 bits per heavy atom. The van der Waals surface area contributed by atoms with Gasteiger partial charge >= 0.3 is 0 Å². The topological polar surface area (TPSA) is 104 Å². The first kappa shape index (κ1) is 25.0. The number of aryl methyl sites for hydroxylation is 1. The van der Waals surface area contributed by atoms with Crippen molar-refractivity contribution in [1.29, 1.82) is 0 Å². The summed E-state index contributed by atoms with van der Waals surface area (Å²) in [5.41, 5.74) is 5.42. The van der Waals surface area contributed by atoms with Gasteiger partial charge in [-0.3, -0.25) is 10.0 Å². The van der Waals surface area contributed by atoms with E-state index in [9.17, 15) is 18.3 Å². The maximum Gasteiger partial charge on any atom is 0.264 e. The Hall–Kier alpha value is -2.66. The molecule has 3 rings (SSSR count). The zero-order chi connectivity index (χ0) is 24.1. The molecule has 2 aromatic carbocycles. The van der Waals surface area contributed by atoms with Crippen LogP contribution in [0.1, 0.15) is 43.7 Å². The fourth-order valence-electron chi connectivity index (χ4n) is 4.14. The molecule has 0 heterocycles. The number of amides is 1. The molecule has 1 fully saturated rings. The van der Waals surface area contributed by atoms with Crippen LogP contribution >= 0.6 is 0 Å². The number of carbonyl (C=O) groups is 1. The smallest absolute Gasteiger partial charge is 0.264 e. The second-order valence-corrected chi connectivity index (χ2v) is 11.5. The lowest BCUT2D eigenvalue weighted by Crippen LogP contribution is -2.49. The molecule has 0 saturated heterocycles. The summed E-state index contributed by atoms with van der Waals surface area (Å²) < 4.78 is 22.5. The van der Waals surface area contributed by atoms with Gasteiger partial charge in [0.2, 0.25) is 0 Å². The highest BCUT2D eigenvalue weighted by atomic mass is 32.2. The molecule has 33 heavy (non-hydrogen) atoms. The highest BCUT2D eigenvalue weighted by Crippen LogP contribution is 2.30. The predicted molar refractivity (Wildman–Crippen MR) is 128 cm³/mol. The van der Waals surface area contributed by atoms with Gasteiger partial charge in [-0.25, -0.2) is 13.9 Å². The number of hydrogen-bond donors (Lipinski definition) is 3. The Kier molecular flexibility index (Phi) is 7.96. The van der Waals surface area contributed by atoms with Crippen molar-refractivity contribution in [3.8, 4) is 23.0 Å². The highest BCUT2D eigenvalue weighted by molar-refractivity contribution is 7.92. The number of benzene rings is 2. The number of aliphatic hydroxyl groups is 1. The minimum atomic E-state index is -3.71. The van der Waals surface area contributed by atoms with Gasteiger partial charge in [0, 0.05) is 24.3 Å². The van der Waals surface area contributed by atoms with E-state index in [1.807, 2.05) is 48.5 Å². The van der Waals surface area contributed by atoms with Crippen LogP contribution in [0.2, 0.25) is 0 Å². The molecule has 0 radical (unpaired) electrons. The van der Waals surface area contributed by atoms with Gasteiger partial charge in [0.1, 0.15) is 4.75 Å². The quantitative estimate of drug-likeness (QED) is 0.328. The number of hydroxylamine groups is 1. The van der Waals surface area contributed by atoms with Crippen molar-refractivity contribution >= 4 is 15.7 Å². The SMILES string of the molecule is CC(CCc1ccc(-c2ccc(C#CC3CCC(CO)C3)cc2)cc1)(C(=O)NO)S(C)(=O)=O. The van der Waals surface area contributed by atoms with E-state index in [1.165, 1.54) is 12.4 Å². The number of aliphatic hydroxyl groups excluding tert-OH is 1. The normalized spacial score (nSPS) is 19.9.